The number of hydrogen-bond acceptors (Lipinski definition) is 2. The lowest BCUT2D eigenvalue weighted by Crippen LogP contribution is -2.06. The van der Waals surface area contributed by atoms with Crippen molar-refractivity contribution in [2.24, 2.45) is 0 Å². The van der Waals surface area contributed by atoms with E-state index in [0.29, 0.717) is 20.0 Å². The summed E-state index contributed by atoms with van der Waals surface area (Å²) in [7, 11) is 0.552. The van der Waals surface area contributed by atoms with Gasteiger partial charge in [0.25, 0.3) is 0 Å². The van der Waals surface area contributed by atoms with Gasteiger partial charge in [0, 0.05) is 5.30 Å². The van der Waals surface area contributed by atoms with Crippen LogP contribution in [0.5, 0.6) is 11.5 Å². The molecule has 2 atom stereocenters. The number of phenols is 2. The number of hydrogen-bond donors (Lipinski definition) is 2. The van der Waals surface area contributed by atoms with Gasteiger partial charge in [-0.3, -0.25) is 0 Å². The summed E-state index contributed by atoms with van der Waals surface area (Å²) >= 11 is 0. The second kappa shape index (κ2) is 4.67. The van der Waals surface area contributed by atoms with Crippen LogP contribution in [-0.4, -0.2) is 15.9 Å². The highest BCUT2D eigenvalue weighted by molar-refractivity contribution is 7.48. The predicted molar refractivity (Wildman–Crippen MR) is 64.5 cm³/mol. The quantitative estimate of drug-likeness (QED) is 0.458. The zero-order valence-electron chi connectivity index (χ0n) is 8.48. The third-order valence-electron chi connectivity index (χ3n) is 2.58. The predicted octanol–water partition coefficient (Wildman–Crippen LogP) is 2.51. The van der Waals surface area contributed by atoms with E-state index in [-0.39, 0.29) is 5.75 Å². The highest BCUT2D eigenvalue weighted by Gasteiger charge is 2.11. The van der Waals surface area contributed by atoms with Crippen LogP contribution in [0, 0.1) is 0 Å². The first-order valence-corrected chi connectivity index (χ1v) is 6.28. The van der Waals surface area contributed by atoms with E-state index in [2.05, 4.69) is 12.2 Å². The van der Waals surface area contributed by atoms with Crippen LogP contribution in [0.2, 0.25) is 0 Å². The molecule has 1 aromatic carbocycles. The maximum Gasteiger partial charge on any atom is 0.123 e. The second-order valence-electron chi connectivity index (χ2n) is 3.81. The molecule has 3 heteroatoms. The molecule has 2 unspecified atom stereocenters. The monoisotopic (exact) mass is 222 g/mol. The zero-order valence-corrected chi connectivity index (χ0v) is 9.48. The molecular formula is C12H15O2P. The molecule has 1 aromatic rings. The molecule has 0 spiro atoms. The summed E-state index contributed by atoms with van der Waals surface area (Å²) in [4.78, 5) is 0. The van der Waals surface area contributed by atoms with Gasteiger partial charge < -0.3 is 10.2 Å². The Bertz CT molecular complexity index is 374. The van der Waals surface area contributed by atoms with Gasteiger partial charge in [0.1, 0.15) is 11.5 Å². The summed E-state index contributed by atoms with van der Waals surface area (Å²) in [6.45, 7) is 0. The summed E-state index contributed by atoms with van der Waals surface area (Å²) in [6, 6.07) is 4.74. The van der Waals surface area contributed by atoms with E-state index in [4.69, 9.17) is 0 Å². The van der Waals surface area contributed by atoms with Gasteiger partial charge in [0.05, 0.1) is 0 Å². The van der Waals surface area contributed by atoms with E-state index in [1.54, 1.807) is 12.1 Å². The molecule has 0 saturated carbocycles. The second-order valence-corrected chi connectivity index (χ2v) is 5.38. The average molecular weight is 222 g/mol. The lowest BCUT2D eigenvalue weighted by Gasteiger charge is -2.16. The van der Waals surface area contributed by atoms with Crippen molar-refractivity contribution in [1.82, 2.24) is 0 Å². The minimum absolute atomic E-state index is 0.232. The lowest BCUT2D eigenvalue weighted by atomic mass is 10.1. The molecule has 2 N–H and O–H groups in total. The van der Waals surface area contributed by atoms with Gasteiger partial charge in [-0.15, -0.1) is 0 Å². The molecule has 0 aromatic heterocycles. The molecule has 0 aliphatic heterocycles. The Balaban J connectivity index is 2.12. The van der Waals surface area contributed by atoms with Gasteiger partial charge in [-0.1, -0.05) is 20.7 Å². The first-order chi connectivity index (χ1) is 7.25. The van der Waals surface area contributed by atoms with Gasteiger partial charge in [0.15, 0.2) is 0 Å². The van der Waals surface area contributed by atoms with Crippen molar-refractivity contribution in [3.63, 3.8) is 0 Å². The van der Waals surface area contributed by atoms with Crippen LogP contribution in [0.3, 0.4) is 0 Å². The van der Waals surface area contributed by atoms with Crippen LogP contribution in [0.4, 0.5) is 0 Å². The maximum atomic E-state index is 9.64. The zero-order chi connectivity index (χ0) is 10.7. The van der Waals surface area contributed by atoms with Gasteiger partial charge in [-0.25, -0.2) is 0 Å². The van der Waals surface area contributed by atoms with Gasteiger partial charge in [-0.2, -0.15) is 0 Å². The minimum atomic E-state index is 0.232. The van der Waals surface area contributed by atoms with Crippen molar-refractivity contribution in [3.05, 3.63) is 30.4 Å². The number of rotatable bonds is 2. The first-order valence-electron chi connectivity index (χ1n) is 5.21. The summed E-state index contributed by atoms with van der Waals surface area (Å²) < 4.78 is 0. The van der Waals surface area contributed by atoms with Crippen molar-refractivity contribution >= 4 is 13.9 Å². The van der Waals surface area contributed by atoms with E-state index in [9.17, 15) is 10.2 Å². The molecule has 0 saturated heterocycles. The Kier molecular flexibility index (Phi) is 3.27. The standard InChI is InChI=1S/C12H15O2P/c13-9-6-7-11(14)12(8-9)15-10-4-2-1-3-5-10/h2,4,6-8,10,13-15H,1,3,5H2. The molecular weight excluding hydrogens is 207 g/mol. The normalized spacial score (nSPS) is 21.2. The Hall–Kier alpha value is -1.01. The van der Waals surface area contributed by atoms with Crippen LogP contribution in [0.15, 0.2) is 30.4 Å². The molecule has 1 aliphatic carbocycles. The summed E-state index contributed by atoms with van der Waals surface area (Å²) in [5.74, 6) is 0.528. The highest BCUT2D eigenvalue weighted by Crippen LogP contribution is 2.31. The van der Waals surface area contributed by atoms with E-state index in [0.717, 1.165) is 5.30 Å². The topological polar surface area (TPSA) is 40.5 Å². The van der Waals surface area contributed by atoms with Crippen LogP contribution in [-0.2, 0) is 0 Å². The van der Waals surface area contributed by atoms with Crippen molar-refractivity contribution in [1.29, 1.82) is 0 Å². The third-order valence-corrected chi connectivity index (χ3v) is 4.14. The average Bonchev–Trinajstić information content (AvgIpc) is 2.25. The number of allylic oxidation sites excluding steroid dienone is 2. The van der Waals surface area contributed by atoms with Crippen LogP contribution in [0.25, 0.3) is 0 Å². The third kappa shape index (κ3) is 2.73. The van der Waals surface area contributed by atoms with Crippen molar-refractivity contribution < 1.29 is 10.2 Å². The summed E-state index contributed by atoms with van der Waals surface area (Å²) in [5.41, 5.74) is 0.534. The summed E-state index contributed by atoms with van der Waals surface area (Å²) in [5, 5.41) is 19.8. The van der Waals surface area contributed by atoms with Gasteiger partial charge in [-0.05, 0) is 43.1 Å². The smallest absolute Gasteiger partial charge is 0.123 e. The molecule has 15 heavy (non-hydrogen) atoms. The lowest BCUT2D eigenvalue weighted by molar-refractivity contribution is 0.464. The SMILES string of the molecule is Oc1ccc(O)c(PC2C=CCCC2)c1. The van der Waals surface area contributed by atoms with Gasteiger partial charge in [0.2, 0.25) is 0 Å². The van der Waals surface area contributed by atoms with Crippen LogP contribution in [0.1, 0.15) is 19.3 Å². The first kappa shape index (κ1) is 10.5. The fourth-order valence-corrected chi connectivity index (χ4v) is 3.21. The molecule has 80 valence electrons. The van der Waals surface area contributed by atoms with E-state index >= 15 is 0 Å². The minimum Gasteiger partial charge on any atom is -0.508 e. The fraction of sp³-hybridized carbons (Fsp3) is 0.333. The Morgan fingerprint density at radius 3 is 2.87 bits per heavy atom. The molecule has 2 nitrogen and oxygen atoms in total. The number of aromatic hydroxyl groups is 2. The van der Waals surface area contributed by atoms with Crippen LogP contribution < -0.4 is 5.30 Å². The Labute approximate surface area is 91.4 Å². The molecule has 0 amide bonds. The molecule has 0 bridgehead atoms. The van der Waals surface area contributed by atoms with Crippen molar-refractivity contribution in [3.8, 4) is 11.5 Å². The summed E-state index contributed by atoms with van der Waals surface area (Å²) in [6.07, 6.45) is 8.03. The maximum absolute atomic E-state index is 9.64. The van der Waals surface area contributed by atoms with Gasteiger partial charge >= 0.3 is 0 Å². The number of benzene rings is 1. The van der Waals surface area contributed by atoms with Crippen molar-refractivity contribution in [2.75, 3.05) is 0 Å². The molecule has 0 fully saturated rings. The Morgan fingerprint density at radius 1 is 1.27 bits per heavy atom. The number of phenolic OH excluding ortho intramolecular Hbond substituents is 2. The molecule has 0 heterocycles. The largest absolute Gasteiger partial charge is 0.508 e. The molecule has 1 aliphatic rings. The van der Waals surface area contributed by atoms with E-state index in [1.807, 2.05) is 0 Å². The van der Waals surface area contributed by atoms with E-state index < -0.39 is 0 Å². The highest BCUT2D eigenvalue weighted by atomic mass is 31.1. The fourth-order valence-electron chi connectivity index (χ4n) is 1.77. The molecule has 0 radical (unpaired) electrons. The van der Waals surface area contributed by atoms with Crippen molar-refractivity contribution in [2.45, 2.75) is 24.9 Å². The van der Waals surface area contributed by atoms with Crippen LogP contribution >= 0.6 is 8.58 Å². The Morgan fingerprint density at radius 2 is 2.13 bits per heavy atom. The van der Waals surface area contributed by atoms with E-state index in [1.165, 1.54) is 25.3 Å². The molecule has 2 rings (SSSR count).